The number of rotatable bonds is 19. The smallest absolute Gasteiger partial charge is 0.244 e. The minimum atomic E-state index is -0.217. The molecule has 0 aromatic carbocycles. The van der Waals surface area contributed by atoms with E-state index in [4.69, 9.17) is 5.73 Å². The molecule has 0 rings (SSSR count). The first kappa shape index (κ1) is 24.2. The summed E-state index contributed by atoms with van der Waals surface area (Å²) in [7, 11) is 0. The number of primary amides is 1. The summed E-state index contributed by atoms with van der Waals surface area (Å²) in [6.07, 6.45) is 25.4. The van der Waals surface area contributed by atoms with Crippen molar-refractivity contribution in [1.29, 1.82) is 0 Å². The molecule has 0 bridgehead atoms. The maximum absolute atomic E-state index is 11.4. The molecule has 2 N–H and O–H groups in total. The van der Waals surface area contributed by atoms with E-state index in [1.807, 2.05) is 0 Å². The number of unbranched alkanes of at least 4 members (excludes halogenated alkanes) is 15. The van der Waals surface area contributed by atoms with Gasteiger partial charge in [-0.05, 0) is 25.7 Å². The maximum Gasteiger partial charge on any atom is 0.244 e. The zero-order chi connectivity index (χ0) is 18.6. The Kier molecular flexibility index (Phi) is 18.9. The van der Waals surface area contributed by atoms with Crippen LogP contribution < -0.4 is 5.73 Å². The van der Waals surface area contributed by atoms with Crippen molar-refractivity contribution in [3.05, 3.63) is 11.6 Å². The van der Waals surface area contributed by atoms with Crippen molar-refractivity contribution in [3.63, 3.8) is 0 Å². The molecule has 0 heterocycles. The summed E-state index contributed by atoms with van der Waals surface area (Å²) in [5.74, 6) is -0.217. The lowest BCUT2D eigenvalue weighted by atomic mass is 10.0. The van der Waals surface area contributed by atoms with E-state index < -0.39 is 0 Å². The monoisotopic (exact) mass is 351 g/mol. The summed E-state index contributed by atoms with van der Waals surface area (Å²) in [5.41, 5.74) is 6.32. The minimum absolute atomic E-state index is 0.217. The lowest BCUT2D eigenvalue weighted by Crippen LogP contribution is -2.14. The van der Waals surface area contributed by atoms with E-state index in [2.05, 4.69) is 19.9 Å². The van der Waals surface area contributed by atoms with Gasteiger partial charge in [-0.15, -0.1) is 0 Å². The standard InChI is InChI=1S/C23H45NO/c1-3-5-7-8-9-10-11-12-13-14-15-16-17-19-21-22(23(24)25)20-18-6-4-2/h21H,3-20H2,1-2H3,(H2,24,25). The Balaban J connectivity index is 3.41. The van der Waals surface area contributed by atoms with Crippen molar-refractivity contribution in [2.45, 2.75) is 129 Å². The van der Waals surface area contributed by atoms with Crippen LogP contribution in [0.25, 0.3) is 0 Å². The van der Waals surface area contributed by atoms with Gasteiger partial charge in [0.15, 0.2) is 0 Å². The van der Waals surface area contributed by atoms with Gasteiger partial charge in [0.1, 0.15) is 0 Å². The van der Waals surface area contributed by atoms with Gasteiger partial charge in [0.2, 0.25) is 5.91 Å². The van der Waals surface area contributed by atoms with Crippen LogP contribution in [-0.4, -0.2) is 5.91 Å². The van der Waals surface area contributed by atoms with Gasteiger partial charge in [0, 0.05) is 5.57 Å². The van der Waals surface area contributed by atoms with Crippen LogP contribution in [0.2, 0.25) is 0 Å². The molecule has 0 fully saturated rings. The first-order valence-electron chi connectivity index (χ1n) is 11.2. The molecule has 0 aliphatic carbocycles. The van der Waals surface area contributed by atoms with Crippen molar-refractivity contribution >= 4 is 5.91 Å². The van der Waals surface area contributed by atoms with Gasteiger partial charge in [-0.3, -0.25) is 4.79 Å². The molecule has 0 aromatic rings. The largest absolute Gasteiger partial charge is 0.366 e. The fourth-order valence-electron chi connectivity index (χ4n) is 3.33. The molecule has 0 atom stereocenters. The fraction of sp³-hybridized carbons (Fsp3) is 0.870. The van der Waals surface area contributed by atoms with E-state index in [1.54, 1.807) is 0 Å². The Morgan fingerprint density at radius 3 is 1.48 bits per heavy atom. The third-order valence-corrected chi connectivity index (χ3v) is 5.06. The number of carbonyl (C=O) groups excluding carboxylic acids is 1. The SMILES string of the molecule is CCCCCCCCCCCCCCCC=C(CCCCC)C(N)=O. The van der Waals surface area contributed by atoms with Crippen LogP contribution in [0.4, 0.5) is 0 Å². The Bertz CT molecular complexity index is 322. The van der Waals surface area contributed by atoms with Crippen LogP contribution in [0.5, 0.6) is 0 Å². The zero-order valence-electron chi connectivity index (χ0n) is 17.3. The second kappa shape index (κ2) is 19.5. The fourth-order valence-corrected chi connectivity index (χ4v) is 3.33. The molecule has 2 nitrogen and oxygen atoms in total. The molecule has 0 radical (unpaired) electrons. The van der Waals surface area contributed by atoms with Crippen LogP contribution in [0.1, 0.15) is 129 Å². The molecular weight excluding hydrogens is 306 g/mol. The molecule has 148 valence electrons. The van der Waals surface area contributed by atoms with Gasteiger partial charge in [0.05, 0.1) is 0 Å². The zero-order valence-corrected chi connectivity index (χ0v) is 17.3. The van der Waals surface area contributed by atoms with E-state index in [9.17, 15) is 4.79 Å². The number of hydrogen-bond donors (Lipinski definition) is 1. The van der Waals surface area contributed by atoms with Crippen molar-refractivity contribution in [2.75, 3.05) is 0 Å². The van der Waals surface area contributed by atoms with E-state index >= 15 is 0 Å². The average Bonchev–Trinajstić information content (AvgIpc) is 2.60. The second-order valence-electron chi connectivity index (χ2n) is 7.58. The van der Waals surface area contributed by atoms with E-state index in [0.29, 0.717) is 0 Å². The summed E-state index contributed by atoms with van der Waals surface area (Å²) in [6.45, 7) is 4.46. The van der Waals surface area contributed by atoms with Crippen molar-refractivity contribution in [3.8, 4) is 0 Å². The van der Waals surface area contributed by atoms with Crippen molar-refractivity contribution in [1.82, 2.24) is 0 Å². The van der Waals surface area contributed by atoms with Crippen LogP contribution in [-0.2, 0) is 4.79 Å². The number of hydrogen-bond acceptors (Lipinski definition) is 1. The summed E-state index contributed by atoms with van der Waals surface area (Å²) in [6, 6.07) is 0. The third kappa shape index (κ3) is 17.8. The topological polar surface area (TPSA) is 43.1 Å². The average molecular weight is 352 g/mol. The lowest BCUT2D eigenvalue weighted by molar-refractivity contribution is -0.114. The predicted molar refractivity (Wildman–Crippen MR) is 112 cm³/mol. The molecule has 1 amide bonds. The first-order valence-corrected chi connectivity index (χ1v) is 11.2. The highest BCUT2D eigenvalue weighted by atomic mass is 16.1. The number of allylic oxidation sites excluding steroid dienone is 1. The summed E-state index contributed by atoms with van der Waals surface area (Å²) >= 11 is 0. The molecule has 0 aromatic heterocycles. The van der Waals surface area contributed by atoms with Gasteiger partial charge in [0.25, 0.3) is 0 Å². The van der Waals surface area contributed by atoms with Crippen LogP contribution in [0.15, 0.2) is 11.6 Å². The van der Waals surface area contributed by atoms with E-state index in [0.717, 1.165) is 24.8 Å². The summed E-state index contributed by atoms with van der Waals surface area (Å²) < 4.78 is 0. The van der Waals surface area contributed by atoms with E-state index in [-0.39, 0.29) is 5.91 Å². The Morgan fingerprint density at radius 1 is 0.640 bits per heavy atom. The number of carbonyl (C=O) groups is 1. The molecular formula is C23H45NO. The minimum Gasteiger partial charge on any atom is -0.366 e. The van der Waals surface area contributed by atoms with Crippen LogP contribution in [0.3, 0.4) is 0 Å². The normalized spacial score (nSPS) is 11.8. The Hall–Kier alpha value is -0.790. The lowest BCUT2D eigenvalue weighted by Gasteiger charge is -2.04. The van der Waals surface area contributed by atoms with Crippen molar-refractivity contribution < 1.29 is 4.79 Å². The second-order valence-corrected chi connectivity index (χ2v) is 7.58. The van der Waals surface area contributed by atoms with Crippen LogP contribution >= 0.6 is 0 Å². The summed E-state index contributed by atoms with van der Waals surface area (Å²) in [4.78, 5) is 11.4. The molecule has 0 unspecified atom stereocenters. The van der Waals surface area contributed by atoms with Gasteiger partial charge in [-0.1, -0.05) is 110 Å². The molecule has 0 saturated heterocycles. The third-order valence-electron chi connectivity index (χ3n) is 5.06. The molecule has 0 aliphatic heterocycles. The molecule has 25 heavy (non-hydrogen) atoms. The van der Waals surface area contributed by atoms with Gasteiger partial charge in [-0.25, -0.2) is 0 Å². The highest BCUT2D eigenvalue weighted by Gasteiger charge is 2.03. The van der Waals surface area contributed by atoms with Crippen molar-refractivity contribution in [2.24, 2.45) is 5.73 Å². The molecule has 0 aliphatic rings. The maximum atomic E-state index is 11.4. The highest BCUT2D eigenvalue weighted by molar-refractivity contribution is 5.91. The predicted octanol–water partition coefficient (Wildman–Crippen LogP) is 7.46. The first-order chi connectivity index (χ1) is 12.2. The molecule has 2 heteroatoms. The number of amides is 1. The summed E-state index contributed by atoms with van der Waals surface area (Å²) in [5, 5.41) is 0. The number of nitrogens with two attached hydrogens (primary N) is 1. The molecule has 0 spiro atoms. The van der Waals surface area contributed by atoms with Crippen LogP contribution in [0, 0.1) is 0 Å². The molecule has 0 saturated carbocycles. The van der Waals surface area contributed by atoms with E-state index in [1.165, 1.54) is 96.3 Å². The quantitative estimate of drug-likeness (QED) is 0.190. The highest BCUT2D eigenvalue weighted by Crippen LogP contribution is 2.14. The Labute approximate surface area is 158 Å². The van der Waals surface area contributed by atoms with Gasteiger partial charge < -0.3 is 5.73 Å². The Morgan fingerprint density at radius 2 is 1.04 bits per heavy atom. The van der Waals surface area contributed by atoms with Gasteiger partial charge in [-0.2, -0.15) is 0 Å². The van der Waals surface area contributed by atoms with Gasteiger partial charge >= 0.3 is 0 Å².